The highest BCUT2D eigenvalue weighted by Gasteiger charge is 2.26. The lowest BCUT2D eigenvalue weighted by Crippen LogP contribution is -2.40. The Labute approximate surface area is 178 Å². The van der Waals surface area contributed by atoms with Crippen LogP contribution >= 0.6 is 11.3 Å². The van der Waals surface area contributed by atoms with Gasteiger partial charge in [0, 0.05) is 31.1 Å². The van der Waals surface area contributed by atoms with Crippen molar-refractivity contribution in [2.75, 3.05) is 25.5 Å². The summed E-state index contributed by atoms with van der Waals surface area (Å²) in [7, 11) is 1.66. The third-order valence-corrected chi connectivity index (χ3v) is 6.31. The van der Waals surface area contributed by atoms with Crippen molar-refractivity contribution in [1.29, 1.82) is 0 Å². The summed E-state index contributed by atoms with van der Waals surface area (Å²) < 4.78 is 18.2. The smallest absolute Gasteiger partial charge is 0.321 e. The van der Waals surface area contributed by atoms with Crippen LogP contribution in [0, 0.1) is 5.82 Å². The number of nitrogens with zero attached hydrogens (tertiary/aromatic N) is 3. The number of methoxy groups -OCH3 is 1. The molecule has 1 saturated heterocycles. The zero-order valence-corrected chi connectivity index (χ0v) is 17.5. The highest BCUT2D eigenvalue weighted by Crippen LogP contribution is 2.31. The number of halogens is 1. The van der Waals surface area contributed by atoms with Crippen molar-refractivity contribution in [2.24, 2.45) is 0 Å². The van der Waals surface area contributed by atoms with Crippen LogP contribution in [0.2, 0.25) is 0 Å². The summed E-state index contributed by atoms with van der Waals surface area (Å²) in [5.74, 6) is 0.839. The van der Waals surface area contributed by atoms with E-state index in [1.807, 2.05) is 24.3 Å². The van der Waals surface area contributed by atoms with Gasteiger partial charge in [0.15, 0.2) is 0 Å². The second kappa shape index (κ2) is 9.21. The van der Waals surface area contributed by atoms with Gasteiger partial charge in [-0.05, 0) is 54.8 Å². The third kappa shape index (κ3) is 4.94. The molecule has 1 aromatic heterocycles. The summed E-state index contributed by atoms with van der Waals surface area (Å²) in [5, 5.41) is 13.6. The Bertz CT molecular complexity index is 983. The molecule has 1 fully saturated rings. The Balaban J connectivity index is 1.29. The first-order valence-electron chi connectivity index (χ1n) is 9.87. The van der Waals surface area contributed by atoms with Crippen LogP contribution in [0.1, 0.15) is 34.3 Å². The maximum Gasteiger partial charge on any atom is 0.321 e. The van der Waals surface area contributed by atoms with E-state index < -0.39 is 0 Å². The number of carbonyl (C=O) groups excluding carboxylic acids is 1. The Morgan fingerprint density at radius 2 is 1.83 bits per heavy atom. The van der Waals surface area contributed by atoms with E-state index in [9.17, 15) is 9.18 Å². The molecule has 0 spiro atoms. The molecule has 0 aliphatic carbocycles. The average molecular weight is 427 g/mol. The van der Waals surface area contributed by atoms with Crippen LogP contribution in [0.3, 0.4) is 0 Å². The number of anilines is 1. The molecule has 0 unspecified atom stereocenters. The predicted molar refractivity (Wildman–Crippen MR) is 115 cm³/mol. The van der Waals surface area contributed by atoms with E-state index in [1.54, 1.807) is 35.5 Å². The maximum absolute atomic E-state index is 13.0. The number of ether oxygens (including phenoxy) is 1. The molecule has 8 heteroatoms. The van der Waals surface area contributed by atoms with Crippen molar-refractivity contribution in [3.8, 4) is 5.75 Å². The van der Waals surface area contributed by atoms with Gasteiger partial charge in [-0.2, -0.15) is 0 Å². The van der Waals surface area contributed by atoms with Gasteiger partial charge in [0.1, 0.15) is 21.6 Å². The van der Waals surface area contributed by atoms with Gasteiger partial charge < -0.3 is 15.0 Å². The van der Waals surface area contributed by atoms with Crippen molar-refractivity contribution < 1.29 is 13.9 Å². The molecule has 2 amide bonds. The Morgan fingerprint density at radius 3 is 2.50 bits per heavy atom. The Morgan fingerprint density at radius 1 is 1.13 bits per heavy atom. The zero-order chi connectivity index (χ0) is 20.9. The molecule has 0 bridgehead atoms. The maximum atomic E-state index is 13.0. The van der Waals surface area contributed by atoms with Gasteiger partial charge in [0.2, 0.25) is 0 Å². The van der Waals surface area contributed by atoms with Gasteiger partial charge in [-0.3, -0.25) is 0 Å². The topological polar surface area (TPSA) is 67.4 Å². The summed E-state index contributed by atoms with van der Waals surface area (Å²) in [6.45, 7) is 1.32. The first kappa shape index (κ1) is 20.3. The van der Waals surface area contributed by atoms with Crippen LogP contribution < -0.4 is 10.1 Å². The Hall–Kier alpha value is -3.00. The van der Waals surface area contributed by atoms with Crippen molar-refractivity contribution in [1.82, 2.24) is 15.1 Å². The standard InChI is InChI=1S/C22H23FN4O2S/c1-29-19-8-2-15(3-9-19)14-20-25-26-21(30-20)16-10-12-27(13-11-16)22(28)24-18-6-4-17(23)5-7-18/h2-9,16H,10-14H2,1H3,(H,24,28). The summed E-state index contributed by atoms with van der Waals surface area (Å²) >= 11 is 1.65. The van der Waals surface area contributed by atoms with E-state index in [1.165, 1.54) is 17.7 Å². The summed E-state index contributed by atoms with van der Waals surface area (Å²) in [6.07, 6.45) is 2.46. The second-order valence-electron chi connectivity index (χ2n) is 7.26. The molecular weight excluding hydrogens is 403 g/mol. The molecule has 1 aliphatic rings. The fraction of sp³-hybridized carbons (Fsp3) is 0.318. The number of hydrogen-bond acceptors (Lipinski definition) is 5. The average Bonchev–Trinajstić information content (AvgIpc) is 3.24. The van der Waals surface area contributed by atoms with Crippen molar-refractivity contribution in [3.63, 3.8) is 0 Å². The molecule has 3 aromatic rings. The molecule has 0 saturated carbocycles. The molecule has 6 nitrogen and oxygen atoms in total. The van der Waals surface area contributed by atoms with Gasteiger partial charge in [0.05, 0.1) is 7.11 Å². The zero-order valence-electron chi connectivity index (χ0n) is 16.7. The fourth-order valence-corrected chi connectivity index (χ4v) is 4.53. The van der Waals surface area contributed by atoms with Crippen LogP contribution in [0.25, 0.3) is 0 Å². The minimum atomic E-state index is -0.322. The van der Waals surface area contributed by atoms with Crippen molar-refractivity contribution >= 4 is 23.1 Å². The number of amides is 2. The number of piperidine rings is 1. The molecule has 30 heavy (non-hydrogen) atoms. The lowest BCUT2D eigenvalue weighted by Gasteiger charge is -2.30. The van der Waals surface area contributed by atoms with Crippen LogP contribution in [0.5, 0.6) is 5.75 Å². The van der Waals surface area contributed by atoms with Gasteiger partial charge in [-0.15, -0.1) is 21.5 Å². The van der Waals surface area contributed by atoms with Crippen LogP contribution in [-0.2, 0) is 6.42 Å². The number of likely N-dealkylation sites (tertiary alicyclic amines) is 1. The quantitative estimate of drug-likeness (QED) is 0.643. The SMILES string of the molecule is COc1ccc(Cc2nnc(C3CCN(C(=O)Nc4ccc(F)cc4)CC3)s2)cc1. The van der Waals surface area contributed by atoms with Crippen LogP contribution in [-0.4, -0.2) is 41.3 Å². The van der Waals surface area contributed by atoms with Crippen LogP contribution in [0.4, 0.5) is 14.9 Å². The van der Waals surface area contributed by atoms with Crippen molar-refractivity contribution in [3.05, 3.63) is 69.9 Å². The number of aromatic nitrogens is 2. The van der Waals surface area contributed by atoms with Gasteiger partial charge in [-0.1, -0.05) is 12.1 Å². The molecule has 0 atom stereocenters. The molecule has 2 aromatic carbocycles. The second-order valence-corrected chi connectivity index (χ2v) is 8.35. The molecular formula is C22H23FN4O2S. The first-order chi connectivity index (χ1) is 14.6. The van der Waals surface area contributed by atoms with E-state index in [-0.39, 0.29) is 11.8 Å². The molecule has 1 N–H and O–H groups in total. The van der Waals surface area contributed by atoms with Crippen molar-refractivity contribution in [2.45, 2.75) is 25.2 Å². The molecule has 156 valence electrons. The minimum Gasteiger partial charge on any atom is -0.497 e. The van der Waals surface area contributed by atoms with E-state index in [2.05, 4.69) is 15.5 Å². The fourth-order valence-electron chi connectivity index (χ4n) is 3.49. The number of rotatable bonds is 5. The van der Waals surface area contributed by atoms with E-state index >= 15 is 0 Å². The monoisotopic (exact) mass is 426 g/mol. The van der Waals surface area contributed by atoms with Crippen LogP contribution in [0.15, 0.2) is 48.5 Å². The number of hydrogen-bond donors (Lipinski definition) is 1. The minimum absolute atomic E-state index is 0.155. The molecule has 0 radical (unpaired) electrons. The van der Waals surface area contributed by atoms with Gasteiger partial charge in [0.25, 0.3) is 0 Å². The summed E-state index contributed by atoms with van der Waals surface area (Å²) in [5.41, 5.74) is 1.77. The highest BCUT2D eigenvalue weighted by molar-refractivity contribution is 7.11. The predicted octanol–water partition coefficient (Wildman–Crippen LogP) is 4.69. The first-order valence-corrected chi connectivity index (χ1v) is 10.7. The van der Waals surface area contributed by atoms with E-state index in [4.69, 9.17) is 4.74 Å². The third-order valence-electron chi connectivity index (χ3n) is 5.22. The summed E-state index contributed by atoms with van der Waals surface area (Å²) in [6, 6.07) is 13.6. The number of carbonyl (C=O) groups is 1. The highest BCUT2D eigenvalue weighted by atomic mass is 32.1. The summed E-state index contributed by atoms with van der Waals surface area (Å²) in [4.78, 5) is 14.2. The Kier molecular flexibility index (Phi) is 6.23. The lowest BCUT2D eigenvalue weighted by molar-refractivity contribution is 0.194. The van der Waals surface area contributed by atoms with E-state index in [0.29, 0.717) is 24.7 Å². The van der Waals surface area contributed by atoms with Gasteiger partial charge >= 0.3 is 6.03 Å². The molecule has 4 rings (SSSR count). The number of urea groups is 1. The largest absolute Gasteiger partial charge is 0.497 e. The van der Waals surface area contributed by atoms with E-state index in [0.717, 1.165) is 35.0 Å². The molecule has 2 heterocycles. The normalized spacial score (nSPS) is 14.5. The van der Waals surface area contributed by atoms with Gasteiger partial charge in [-0.25, -0.2) is 9.18 Å². The number of benzene rings is 2. The lowest BCUT2D eigenvalue weighted by atomic mass is 9.98. The number of nitrogens with one attached hydrogen (secondary N) is 1. The molecule has 1 aliphatic heterocycles.